The summed E-state index contributed by atoms with van der Waals surface area (Å²) in [5.74, 6) is 0. The predicted octanol–water partition coefficient (Wildman–Crippen LogP) is 2.74. The lowest BCUT2D eigenvalue weighted by molar-refractivity contribution is 0.211. The van der Waals surface area contributed by atoms with Gasteiger partial charge in [-0.15, -0.1) is 0 Å². The number of anilines is 2. The molecule has 1 aromatic heterocycles. The summed E-state index contributed by atoms with van der Waals surface area (Å²) in [5, 5.41) is 4.29. The number of nitrogens with one attached hydrogen (secondary N) is 1. The van der Waals surface area contributed by atoms with Crippen molar-refractivity contribution in [1.82, 2.24) is 4.98 Å². The lowest BCUT2D eigenvalue weighted by Gasteiger charge is -2.27. The first kappa shape index (κ1) is 12.7. The van der Waals surface area contributed by atoms with Crippen molar-refractivity contribution in [3.63, 3.8) is 0 Å². The Kier molecular flexibility index (Phi) is 3.57. The van der Waals surface area contributed by atoms with Crippen LogP contribution in [-0.2, 0) is 11.2 Å². The Morgan fingerprint density at radius 2 is 2.37 bits per heavy atom. The average molecular weight is 277 g/mol. The van der Waals surface area contributed by atoms with Gasteiger partial charge in [-0.3, -0.25) is 0 Å². The van der Waals surface area contributed by atoms with E-state index in [4.69, 9.17) is 4.74 Å². The van der Waals surface area contributed by atoms with Gasteiger partial charge in [0.1, 0.15) is 0 Å². The minimum atomic E-state index is 0.704. The fourth-order valence-electron chi connectivity index (χ4n) is 2.52. The lowest BCUT2D eigenvalue weighted by Crippen LogP contribution is -2.24. The molecule has 0 bridgehead atoms. The second kappa shape index (κ2) is 5.35. The quantitative estimate of drug-likeness (QED) is 0.872. The molecular formula is C14H19N3OS. The molecule has 1 aliphatic rings. The third-order valence-electron chi connectivity index (χ3n) is 3.52. The van der Waals surface area contributed by atoms with E-state index in [-0.39, 0.29) is 0 Å². The van der Waals surface area contributed by atoms with Gasteiger partial charge in [0, 0.05) is 32.9 Å². The highest BCUT2D eigenvalue weighted by Gasteiger charge is 2.16. The number of hydrogen-bond acceptors (Lipinski definition) is 5. The number of ether oxygens (including phenoxy) is 1. The Morgan fingerprint density at radius 1 is 1.47 bits per heavy atom. The van der Waals surface area contributed by atoms with E-state index in [1.54, 1.807) is 18.4 Å². The third-order valence-corrected chi connectivity index (χ3v) is 4.50. The zero-order chi connectivity index (χ0) is 13.2. The zero-order valence-corrected chi connectivity index (χ0v) is 12.2. The summed E-state index contributed by atoms with van der Waals surface area (Å²) in [7, 11) is 3.87. The molecule has 0 amide bonds. The first-order valence-electron chi connectivity index (χ1n) is 6.65. The first-order valence-corrected chi connectivity index (χ1v) is 7.47. The molecule has 0 fully saturated rings. The maximum Gasteiger partial charge on any atom is 0.183 e. The summed E-state index contributed by atoms with van der Waals surface area (Å²) in [6.45, 7) is 2.65. The van der Waals surface area contributed by atoms with Gasteiger partial charge in [0.25, 0.3) is 0 Å². The number of nitrogens with zero attached hydrogens (tertiary/aromatic N) is 2. The van der Waals surface area contributed by atoms with Crippen LogP contribution in [0.5, 0.6) is 0 Å². The van der Waals surface area contributed by atoms with Gasteiger partial charge >= 0.3 is 0 Å². The summed E-state index contributed by atoms with van der Waals surface area (Å²) in [5.41, 5.74) is 3.89. The molecule has 5 heteroatoms. The van der Waals surface area contributed by atoms with E-state index in [9.17, 15) is 0 Å². The number of aryl methyl sites for hydroxylation is 1. The molecule has 19 heavy (non-hydrogen) atoms. The smallest absolute Gasteiger partial charge is 0.183 e. The molecule has 0 saturated carbocycles. The minimum absolute atomic E-state index is 0.704. The molecule has 1 aromatic carbocycles. The fourth-order valence-corrected chi connectivity index (χ4v) is 3.46. The average Bonchev–Trinajstić information content (AvgIpc) is 2.79. The van der Waals surface area contributed by atoms with Crippen LogP contribution in [0.4, 0.5) is 10.8 Å². The molecule has 2 heterocycles. The molecule has 2 aromatic rings. The van der Waals surface area contributed by atoms with Crippen molar-refractivity contribution in [1.29, 1.82) is 0 Å². The topological polar surface area (TPSA) is 37.4 Å². The van der Waals surface area contributed by atoms with Crippen LogP contribution in [0, 0.1) is 0 Å². The highest BCUT2D eigenvalue weighted by atomic mass is 32.1. The van der Waals surface area contributed by atoms with Gasteiger partial charge in [0.05, 0.1) is 16.8 Å². The third kappa shape index (κ3) is 2.53. The molecule has 0 saturated heterocycles. The number of hydrogen-bond donors (Lipinski definition) is 1. The fraction of sp³-hybridized carbons (Fsp3) is 0.500. The highest BCUT2D eigenvalue weighted by molar-refractivity contribution is 7.22. The number of thiazole rings is 1. The van der Waals surface area contributed by atoms with Crippen molar-refractivity contribution in [2.45, 2.75) is 12.8 Å². The Bertz CT molecular complexity index is 581. The van der Waals surface area contributed by atoms with E-state index in [1.165, 1.54) is 28.8 Å². The van der Waals surface area contributed by atoms with Gasteiger partial charge in [-0.2, -0.15) is 0 Å². The van der Waals surface area contributed by atoms with Crippen molar-refractivity contribution >= 4 is 32.4 Å². The van der Waals surface area contributed by atoms with Gasteiger partial charge in [0.15, 0.2) is 5.13 Å². The second-order valence-electron chi connectivity index (χ2n) is 4.91. The van der Waals surface area contributed by atoms with Crippen molar-refractivity contribution in [2.24, 2.45) is 0 Å². The maximum absolute atomic E-state index is 5.04. The molecule has 4 nitrogen and oxygen atoms in total. The van der Waals surface area contributed by atoms with Crippen LogP contribution >= 0.6 is 11.3 Å². The molecule has 0 atom stereocenters. The van der Waals surface area contributed by atoms with Crippen LogP contribution in [0.2, 0.25) is 0 Å². The van der Waals surface area contributed by atoms with Crippen LogP contribution in [0.25, 0.3) is 10.2 Å². The molecule has 1 N–H and O–H groups in total. The standard InChI is InChI=1S/C14H19N3OS/c1-17-6-3-4-10-8-13-11(9-12(10)17)16-14(19-13)15-5-7-18-2/h8-9H,3-7H2,1-2H3,(H,15,16). The van der Waals surface area contributed by atoms with E-state index < -0.39 is 0 Å². The maximum atomic E-state index is 5.04. The number of fused-ring (bicyclic) bond motifs is 2. The van der Waals surface area contributed by atoms with Gasteiger partial charge in [-0.05, 0) is 30.5 Å². The van der Waals surface area contributed by atoms with Gasteiger partial charge in [-0.1, -0.05) is 11.3 Å². The lowest BCUT2D eigenvalue weighted by atomic mass is 10.0. The number of rotatable bonds is 4. The van der Waals surface area contributed by atoms with Crippen molar-refractivity contribution < 1.29 is 4.74 Å². The van der Waals surface area contributed by atoms with Gasteiger partial charge < -0.3 is 15.0 Å². The van der Waals surface area contributed by atoms with Gasteiger partial charge in [0.2, 0.25) is 0 Å². The number of aromatic nitrogens is 1. The van der Waals surface area contributed by atoms with Crippen molar-refractivity contribution in [2.75, 3.05) is 44.1 Å². The van der Waals surface area contributed by atoms with Crippen LogP contribution in [-0.4, -0.2) is 38.8 Å². The Labute approximate surface area is 117 Å². The largest absolute Gasteiger partial charge is 0.383 e. The molecule has 0 spiro atoms. The van der Waals surface area contributed by atoms with Gasteiger partial charge in [-0.25, -0.2) is 4.98 Å². The van der Waals surface area contributed by atoms with Crippen LogP contribution in [0.1, 0.15) is 12.0 Å². The van der Waals surface area contributed by atoms with Crippen LogP contribution < -0.4 is 10.2 Å². The van der Waals surface area contributed by atoms with E-state index >= 15 is 0 Å². The number of methoxy groups -OCH3 is 1. The molecule has 1 aliphatic heterocycles. The molecule has 0 aliphatic carbocycles. The molecule has 3 rings (SSSR count). The van der Waals surface area contributed by atoms with Crippen LogP contribution in [0.3, 0.4) is 0 Å². The summed E-state index contributed by atoms with van der Waals surface area (Å²) in [6.07, 6.45) is 2.42. The molecular weight excluding hydrogens is 258 g/mol. The molecule has 0 unspecified atom stereocenters. The normalized spacial score (nSPS) is 14.7. The van der Waals surface area contributed by atoms with Crippen LogP contribution in [0.15, 0.2) is 12.1 Å². The predicted molar refractivity (Wildman–Crippen MR) is 81.6 cm³/mol. The molecule has 102 valence electrons. The van der Waals surface area contributed by atoms with Crippen molar-refractivity contribution in [3.05, 3.63) is 17.7 Å². The summed E-state index contributed by atoms with van der Waals surface area (Å²) >= 11 is 1.73. The highest BCUT2D eigenvalue weighted by Crippen LogP contribution is 2.34. The van der Waals surface area contributed by atoms with E-state index in [2.05, 4.69) is 34.4 Å². The second-order valence-corrected chi connectivity index (χ2v) is 5.94. The Hall–Kier alpha value is -1.33. The first-order chi connectivity index (χ1) is 9.28. The SMILES string of the molecule is COCCNc1nc2cc3c(cc2s1)CCCN3C. The Morgan fingerprint density at radius 3 is 3.21 bits per heavy atom. The zero-order valence-electron chi connectivity index (χ0n) is 11.4. The van der Waals surface area contributed by atoms with E-state index in [0.29, 0.717) is 6.61 Å². The summed E-state index contributed by atoms with van der Waals surface area (Å²) < 4.78 is 6.31. The number of benzene rings is 1. The van der Waals surface area contributed by atoms with Crippen molar-refractivity contribution in [3.8, 4) is 0 Å². The Balaban J connectivity index is 1.90. The monoisotopic (exact) mass is 277 g/mol. The summed E-state index contributed by atoms with van der Waals surface area (Å²) in [6, 6.07) is 4.53. The van der Waals surface area contributed by atoms with E-state index in [0.717, 1.165) is 23.7 Å². The minimum Gasteiger partial charge on any atom is -0.383 e. The molecule has 0 radical (unpaired) electrons. The summed E-state index contributed by atoms with van der Waals surface area (Å²) in [4.78, 5) is 6.98. The van der Waals surface area contributed by atoms with E-state index in [1.807, 2.05) is 0 Å².